The van der Waals surface area contributed by atoms with Crippen LogP contribution in [0.3, 0.4) is 0 Å². The van der Waals surface area contributed by atoms with Crippen molar-refractivity contribution in [1.29, 1.82) is 0 Å². The lowest BCUT2D eigenvalue weighted by Crippen LogP contribution is -2.30. The summed E-state index contributed by atoms with van der Waals surface area (Å²) in [7, 11) is 2.01. The average molecular weight is 253 g/mol. The fourth-order valence-electron chi connectivity index (χ4n) is 3.11. The molecule has 3 nitrogen and oxygen atoms in total. The summed E-state index contributed by atoms with van der Waals surface area (Å²) in [4.78, 5) is 8.65. The molecule has 98 valence electrons. The van der Waals surface area contributed by atoms with E-state index in [2.05, 4.69) is 39.6 Å². The van der Waals surface area contributed by atoms with Crippen LogP contribution in [0.5, 0.6) is 0 Å². The first-order valence-electron chi connectivity index (χ1n) is 6.88. The molecule has 3 heteroatoms. The zero-order chi connectivity index (χ0) is 13.1. The number of aryl methyl sites for hydroxylation is 1. The number of rotatable bonds is 3. The Hall–Kier alpha value is -1.74. The lowest BCUT2D eigenvalue weighted by molar-refractivity contribution is 0.335. The summed E-state index contributed by atoms with van der Waals surface area (Å²) >= 11 is 0. The van der Waals surface area contributed by atoms with Gasteiger partial charge < -0.3 is 5.32 Å². The molecular formula is C16H19N3. The van der Waals surface area contributed by atoms with Gasteiger partial charge in [-0.25, -0.2) is 0 Å². The highest BCUT2D eigenvalue weighted by Gasteiger charge is 2.27. The maximum absolute atomic E-state index is 4.46. The van der Waals surface area contributed by atoms with Gasteiger partial charge in [-0.05, 0) is 43.4 Å². The molecule has 1 aliphatic carbocycles. The van der Waals surface area contributed by atoms with E-state index >= 15 is 0 Å². The van der Waals surface area contributed by atoms with Gasteiger partial charge in [0.05, 0.1) is 11.7 Å². The van der Waals surface area contributed by atoms with Gasteiger partial charge in [-0.2, -0.15) is 0 Å². The van der Waals surface area contributed by atoms with Gasteiger partial charge in [-0.15, -0.1) is 0 Å². The molecule has 1 N–H and O–H groups in total. The van der Waals surface area contributed by atoms with Crippen molar-refractivity contribution in [2.75, 3.05) is 7.05 Å². The first-order valence-corrected chi connectivity index (χ1v) is 6.88. The Morgan fingerprint density at radius 2 is 2.05 bits per heavy atom. The second-order valence-corrected chi connectivity index (χ2v) is 5.17. The Morgan fingerprint density at radius 1 is 1.21 bits per heavy atom. The molecule has 0 amide bonds. The van der Waals surface area contributed by atoms with Gasteiger partial charge in [-0.3, -0.25) is 9.97 Å². The molecular weight excluding hydrogens is 234 g/mol. The van der Waals surface area contributed by atoms with Crippen molar-refractivity contribution in [3.63, 3.8) is 0 Å². The molecule has 0 fully saturated rings. The van der Waals surface area contributed by atoms with E-state index in [1.54, 1.807) is 12.4 Å². The van der Waals surface area contributed by atoms with Crippen molar-refractivity contribution in [3.05, 3.63) is 59.7 Å². The summed E-state index contributed by atoms with van der Waals surface area (Å²) in [6.45, 7) is 0. The molecule has 1 heterocycles. The smallest absolute Gasteiger partial charge is 0.0758 e. The number of nitrogens with zero attached hydrogens (tertiary/aromatic N) is 2. The highest BCUT2D eigenvalue weighted by atomic mass is 14.9. The predicted octanol–water partition coefficient (Wildman–Crippen LogP) is 2.54. The van der Waals surface area contributed by atoms with E-state index in [-0.39, 0.29) is 0 Å². The second-order valence-electron chi connectivity index (χ2n) is 5.17. The van der Waals surface area contributed by atoms with E-state index < -0.39 is 0 Å². The van der Waals surface area contributed by atoms with Crippen LogP contribution >= 0.6 is 0 Å². The molecule has 0 aliphatic heterocycles. The number of nitrogens with one attached hydrogen (secondary N) is 1. The largest absolute Gasteiger partial charge is 0.311 e. The minimum Gasteiger partial charge on any atom is -0.311 e. The topological polar surface area (TPSA) is 37.8 Å². The number of aromatic nitrogens is 2. The third-order valence-corrected chi connectivity index (χ3v) is 4.07. The molecule has 19 heavy (non-hydrogen) atoms. The van der Waals surface area contributed by atoms with Crippen molar-refractivity contribution in [3.8, 4) is 0 Å². The molecule has 0 saturated heterocycles. The third kappa shape index (κ3) is 2.51. The van der Waals surface area contributed by atoms with Crippen LogP contribution in [0.1, 0.15) is 29.3 Å². The lowest BCUT2D eigenvalue weighted by Gasteiger charge is -2.31. The van der Waals surface area contributed by atoms with Crippen LogP contribution in [-0.4, -0.2) is 17.0 Å². The van der Waals surface area contributed by atoms with Crippen LogP contribution in [0, 0.1) is 5.92 Å². The second kappa shape index (κ2) is 5.49. The number of hydrogen-bond acceptors (Lipinski definition) is 3. The van der Waals surface area contributed by atoms with E-state index in [0.717, 1.165) is 12.1 Å². The van der Waals surface area contributed by atoms with Gasteiger partial charge in [-0.1, -0.05) is 24.3 Å². The van der Waals surface area contributed by atoms with E-state index in [1.807, 2.05) is 13.2 Å². The van der Waals surface area contributed by atoms with Crippen LogP contribution in [-0.2, 0) is 12.8 Å². The summed E-state index contributed by atoms with van der Waals surface area (Å²) in [5.41, 5.74) is 4.05. The maximum Gasteiger partial charge on any atom is 0.0758 e. The lowest BCUT2D eigenvalue weighted by atomic mass is 9.79. The van der Waals surface area contributed by atoms with Crippen molar-refractivity contribution in [2.45, 2.75) is 25.3 Å². The Balaban J connectivity index is 1.83. The fourth-order valence-corrected chi connectivity index (χ4v) is 3.11. The Kier molecular flexibility index (Phi) is 3.56. The molecule has 3 rings (SSSR count). The van der Waals surface area contributed by atoms with E-state index in [0.29, 0.717) is 12.0 Å². The summed E-state index contributed by atoms with van der Waals surface area (Å²) < 4.78 is 0. The Morgan fingerprint density at radius 3 is 2.79 bits per heavy atom. The van der Waals surface area contributed by atoms with Gasteiger partial charge in [0.25, 0.3) is 0 Å². The summed E-state index contributed by atoms with van der Waals surface area (Å²) in [6, 6.07) is 9.07. The fraction of sp³-hybridized carbons (Fsp3) is 0.375. The van der Waals surface area contributed by atoms with E-state index in [9.17, 15) is 0 Å². The van der Waals surface area contributed by atoms with Crippen LogP contribution in [0.2, 0.25) is 0 Å². The van der Waals surface area contributed by atoms with Crippen molar-refractivity contribution >= 4 is 0 Å². The van der Waals surface area contributed by atoms with E-state index in [4.69, 9.17) is 0 Å². The monoisotopic (exact) mass is 253 g/mol. The Bertz CT molecular complexity index is 539. The van der Waals surface area contributed by atoms with Crippen LogP contribution in [0.15, 0.2) is 42.9 Å². The zero-order valence-corrected chi connectivity index (χ0v) is 11.2. The normalized spacial score (nSPS) is 19.7. The number of benzene rings is 1. The molecule has 0 radical (unpaired) electrons. The SMILES string of the molecule is CNC(c1cnccn1)C1CCc2ccccc2C1. The number of hydrogen-bond donors (Lipinski definition) is 1. The molecule has 0 spiro atoms. The maximum atomic E-state index is 4.46. The minimum absolute atomic E-state index is 0.294. The Labute approximate surface area is 114 Å². The highest BCUT2D eigenvalue weighted by Crippen LogP contribution is 2.33. The first-order chi connectivity index (χ1) is 9.38. The number of fused-ring (bicyclic) bond motifs is 1. The summed E-state index contributed by atoms with van der Waals surface area (Å²) in [5, 5.41) is 3.42. The van der Waals surface area contributed by atoms with E-state index in [1.165, 1.54) is 24.0 Å². The predicted molar refractivity (Wildman–Crippen MR) is 75.8 cm³/mol. The zero-order valence-electron chi connectivity index (χ0n) is 11.2. The molecule has 1 aliphatic rings. The van der Waals surface area contributed by atoms with Crippen molar-refractivity contribution in [2.24, 2.45) is 5.92 Å². The molecule has 0 saturated carbocycles. The van der Waals surface area contributed by atoms with Gasteiger partial charge in [0.1, 0.15) is 0 Å². The van der Waals surface area contributed by atoms with Gasteiger partial charge in [0.2, 0.25) is 0 Å². The molecule has 2 atom stereocenters. The quantitative estimate of drug-likeness (QED) is 0.913. The van der Waals surface area contributed by atoms with Crippen molar-refractivity contribution < 1.29 is 0 Å². The standard InChI is InChI=1S/C16H19N3/c1-17-16(15-11-18-8-9-19-15)14-7-6-12-4-2-3-5-13(12)10-14/h2-5,8-9,11,14,16-17H,6-7,10H2,1H3. The molecule has 2 aromatic rings. The van der Waals surface area contributed by atoms with Gasteiger partial charge in [0.15, 0.2) is 0 Å². The molecule has 1 aromatic carbocycles. The van der Waals surface area contributed by atoms with Gasteiger partial charge >= 0.3 is 0 Å². The molecule has 1 aromatic heterocycles. The van der Waals surface area contributed by atoms with Crippen LogP contribution in [0.4, 0.5) is 0 Å². The van der Waals surface area contributed by atoms with Crippen LogP contribution in [0.25, 0.3) is 0 Å². The van der Waals surface area contributed by atoms with Gasteiger partial charge in [0, 0.05) is 18.6 Å². The first kappa shape index (κ1) is 12.3. The van der Waals surface area contributed by atoms with Crippen molar-refractivity contribution in [1.82, 2.24) is 15.3 Å². The summed E-state index contributed by atoms with van der Waals surface area (Å²) in [6.07, 6.45) is 8.88. The van der Waals surface area contributed by atoms with Crippen LogP contribution < -0.4 is 5.32 Å². The third-order valence-electron chi connectivity index (χ3n) is 4.07. The minimum atomic E-state index is 0.294. The molecule has 2 unspecified atom stereocenters. The average Bonchev–Trinajstić information content (AvgIpc) is 2.49. The summed E-state index contributed by atoms with van der Waals surface area (Å²) in [5.74, 6) is 0.594. The highest BCUT2D eigenvalue weighted by molar-refractivity contribution is 5.30. The molecule has 0 bridgehead atoms.